The van der Waals surface area contributed by atoms with Gasteiger partial charge in [0.15, 0.2) is 6.10 Å². The monoisotopic (exact) mass is 250 g/mol. The van der Waals surface area contributed by atoms with E-state index >= 15 is 0 Å². The first-order chi connectivity index (χ1) is 8.74. The van der Waals surface area contributed by atoms with E-state index < -0.39 is 12.1 Å². The van der Waals surface area contributed by atoms with Gasteiger partial charge in [0.25, 0.3) is 0 Å². The second-order valence-electron chi connectivity index (χ2n) is 4.48. The number of ether oxygens (including phenoxy) is 1. The second-order valence-corrected chi connectivity index (χ2v) is 4.48. The second kappa shape index (κ2) is 8.70. The molecule has 0 aliphatic carbocycles. The van der Waals surface area contributed by atoms with Crippen LogP contribution in [0.5, 0.6) is 0 Å². The van der Waals surface area contributed by atoms with Crippen LogP contribution in [0.25, 0.3) is 0 Å². The number of unbranched alkanes of at least 4 members (excludes halogenated alkanes) is 3. The van der Waals surface area contributed by atoms with Crippen molar-refractivity contribution in [3.05, 3.63) is 35.9 Å². The number of rotatable bonds is 8. The highest BCUT2D eigenvalue weighted by molar-refractivity contribution is 5.74. The van der Waals surface area contributed by atoms with Crippen molar-refractivity contribution in [3.63, 3.8) is 0 Å². The van der Waals surface area contributed by atoms with Crippen LogP contribution in [0.3, 0.4) is 0 Å². The van der Waals surface area contributed by atoms with Crippen LogP contribution in [0.4, 0.5) is 0 Å². The molecule has 0 fully saturated rings. The van der Waals surface area contributed by atoms with Gasteiger partial charge in [-0.05, 0) is 24.8 Å². The summed E-state index contributed by atoms with van der Waals surface area (Å²) in [5.41, 5.74) is 1.37. The first-order valence-corrected chi connectivity index (χ1v) is 6.54. The Labute approximate surface area is 109 Å². The molecule has 0 bridgehead atoms. The van der Waals surface area contributed by atoms with Crippen molar-refractivity contribution < 1.29 is 14.6 Å². The highest BCUT2D eigenvalue weighted by Gasteiger charge is 2.13. The van der Waals surface area contributed by atoms with Crippen LogP contribution in [0, 0.1) is 0 Å². The standard InChI is InChI=1S/C15H22O3/c1-18-15(17)14(16)12-8-3-2-5-9-13-10-6-4-7-11-13/h4,6-7,10-11,14,16H,2-3,5,8-9,12H2,1H3. The number of esters is 1. The van der Waals surface area contributed by atoms with Crippen LogP contribution in [0.2, 0.25) is 0 Å². The molecular formula is C15H22O3. The lowest BCUT2D eigenvalue weighted by molar-refractivity contribution is -0.150. The normalized spacial score (nSPS) is 12.1. The van der Waals surface area contributed by atoms with Gasteiger partial charge in [0.2, 0.25) is 0 Å². The Balaban J connectivity index is 2.01. The van der Waals surface area contributed by atoms with Gasteiger partial charge >= 0.3 is 5.97 Å². The molecule has 0 aliphatic rings. The van der Waals surface area contributed by atoms with E-state index in [0.717, 1.165) is 32.1 Å². The van der Waals surface area contributed by atoms with Crippen molar-refractivity contribution in [2.45, 2.75) is 44.6 Å². The number of aliphatic hydroxyl groups excluding tert-OH is 1. The Bertz CT molecular complexity index is 335. The van der Waals surface area contributed by atoms with Gasteiger partial charge in [0.05, 0.1) is 7.11 Å². The number of carbonyl (C=O) groups is 1. The van der Waals surface area contributed by atoms with Crippen molar-refractivity contribution >= 4 is 5.97 Å². The number of aliphatic hydroxyl groups is 1. The molecule has 0 amide bonds. The molecule has 0 aliphatic heterocycles. The molecule has 0 saturated carbocycles. The Morgan fingerprint density at radius 1 is 1.17 bits per heavy atom. The van der Waals surface area contributed by atoms with Gasteiger partial charge in [0, 0.05) is 0 Å². The van der Waals surface area contributed by atoms with Crippen molar-refractivity contribution in [1.29, 1.82) is 0 Å². The first kappa shape index (κ1) is 14.7. The van der Waals surface area contributed by atoms with Gasteiger partial charge in [-0.1, -0.05) is 49.6 Å². The summed E-state index contributed by atoms with van der Waals surface area (Å²) in [6.45, 7) is 0. The van der Waals surface area contributed by atoms with Crippen LogP contribution >= 0.6 is 0 Å². The maximum Gasteiger partial charge on any atom is 0.334 e. The Kier molecular flexibility index (Phi) is 7.11. The fourth-order valence-electron chi connectivity index (χ4n) is 1.92. The zero-order valence-corrected chi connectivity index (χ0v) is 11.0. The molecule has 1 atom stereocenters. The zero-order valence-electron chi connectivity index (χ0n) is 11.0. The molecule has 1 aromatic rings. The zero-order chi connectivity index (χ0) is 13.2. The first-order valence-electron chi connectivity index (χ1n) is 6.54. The summed E-state index contributed by atoms with van der Waals surface area (Å²) in [6, 6.07) is 10.4. The summed E-state index contributed by atoms with van der Waals surface area (Å²) in [6.07, 6.45) is 4.83. The van der Waals surface area contributed by atoms with Gasteiger partial charge < -0.3 is 9.84 Å². The van der Waals surface area contributed by atoms with E-state index in [2.05, 4.69) is 29.0 Å². The average molecular weight is 250 g/mol. The molecule has 0 heterocycles. The number of hydrogen-bond acceptors (Lipinski definition) is 3. The minimum Gasteiger partial charge on any atom is -0.467 e. The predicted molar refractivity (Wildman–Crippen MR) is 71.3 cm³/mol. The molecule has 18 heavy (non-hydrogen) atoms. The van der Waals surface area contributed by atoms with Crippen LogP contribution in [0.1, 0.15) is 37.7 Å². The minimum atomic E-state index is -0.955. The van der Waals surface area contributed by atoms with Crippen molar-refractivity contribution in [1.82, 2.24) is 0 Å². The largest absolute Gasteiger partial charge is 0.467 e. The third kappa shape index (κ3) is 5.82. The lowest BCUT2D eigenvalue weighted by atomic mass is 10.0. The van der Waals surface area contributed by atoms with E-state index in [0.29, 0.717) is 6.42 Å². The topological polar surface area (TPSA) is 46.5 Å². The molecule has 3 heteroatoms. The van der Waals surface area contributed by atoms with Gasteiger partial charge in [-0.3, -0.25) is 0 Å². The fourth-order valence-corrected chi connectivity index (χ4v) is 1.92. The van der Waals surface area contributed by atoms with E-state index in [9.17, 15) is 9.90 Å². The maximum atomic E-state index is 10.9. The van der Waals surface area contributed by atoms with Crippen molar-refractivity contribution in [2.75, 3.05) is 7.11 Å². The van der Waals surface area contributed by atoms with Gasteiger partial charge in [-0.25, -0.2) is 4.79 Å². The molecule has 1 aromatic carbocycles. The molecule has 3 nitrogen and oxygen atoms in total. The van der Waals surface area contributed by atoms with E-state index in [4.69, 9.17) is 0 Å². The van der Waals surface area contributed by atoms with E-state index in [1.807, 2.05) is 6.07 Å². The molecule has 0 radical (unpaired) electrons. The van der Waals surface area contributed by atoms with Gasteiger partial charge in [-0.15, -0.1) is 0 Å². The number of carbonyl (C=O) groups excluding carboxylic acids is 1. The quantitative estimate of drug-likeness (QED) is 0.570. The molecule has 0 aromatic heterocycles. The van der Waals surface area contributed by atoms with E-state index in [-0.39, 0.29) is 0 Å². The summed E-state index contributed by atoms with van der Waals surface area (Å²) < 4.78 is 4.46. The van der Waals surface area contributed by atoms with Crippen molar-refractivity contribution in [2.24, 2.45) is 0 Å². The summed E-state index contributed by atoms with van der Waals surface area (Å²) in [5.74, 6) is -0.528. The third-order valence-electron chi connectivity index (χ3n) is 3.01. The highest BCUT2D eigenvalue weighted by Crippen LogP contribution is 2.10. The van der Waals surface area contributed by atoms with Gasteiger partial charge in [0.1, 0.15) is 0 Å². The van der Waals surface area contributed by atoms with Crippen LogP contribution in [-0.4, -0.2) is 24.3 Å². The Hall–Kier alpha value is -1.35. The Morgan fingerprint density at radius 2 is 1.83 bits per heavy atom. The third-order valence-corrected chi connectivity index (χ3v) is 3.01. The molecule has 0 spiro atoms. The van der Waals surface area contributed by atoms with E-state index in [1.165, 1.54) is 12.7 Å². The molecule has 100 valence electrons. The van der Waals surface area contributed by atoms with Crippen LogP contribution < -0.4 is 0 Å². The van der Waals surface area contributed by atoms with Gasteiger partial charge in [-0.2, -0.15) is 0 Å². The summed E-state index contributed by atoms with van der Waals surface area (Å²) in [7, 11) is 1.30. The van der Waals surface area contributed by atoms with Crippen molar-refractivity contribution in [3.8, 4) is 0 Å². The number of aryl methyl sites for hydroxylation is 1. The average Bonchev–Trinajstić information content (AvgIpc) is 2.42. The SMILES string of the molecule is COC(=O)C(O)CCCCCCc1ccccc1. The summed E-state index contributed by atoms with van der Waals surface area (Å²) >= 11 is 0. The molecule has 0 saturated heterocycles. The number of methoxy groups -OCH3 is 1. The molecule has 1 unspecified atom stereocenters. The maximum absolute atomic E-state index is 10.9. The fraction of sp³-hybridized carbons (Fsp3) is 0.533. The summed E-state index contributed by atoms with van der Waals surface area (Å²) in [4.78, 5) is 10.9. The molecule has 1 N–H and O–H groups in total. The smallest absolute Gasteiger partial charge is 0.334 e. The summed E-state index contributed by atoms with van der Waals surface area (Å²) in [5, 5.41) is 9.38. The Morgan fingerprint density at radius 3 is 2.50 bits per heavy atom. The molecular weight excluding hydrogens is 228 g/mol. The lowest BCUT2D eigenvalue weighted by Gasteiger charge is -2.07. The minimum absolute atomic E-state index is 0.498. The van der Waals surface area contributed by atoms with Crippen LogP contribution in [0.15, 0.2) is 30.3 Å². The lowest BCUT2D eigenvalue weighted by Crippen LogP contribution is -2.21. The number of hydrogen-bond donors (Lipinski definition) is 1. The highest BCUT2D eigenvalue weighted by atomic mass is 16.5. The number of benzene rings is 1. The van der Waals surface area contributed by atoms with Crippen LogP contribution in [-0.2, 0) is 16.0 Å². The predicted octanol–water partition coefficient (Wildman–Crippen LogP) is 2.71. The van der Waals surface area contributed by atoms with E-state index in [1.54, 1.807) is 0 Å². The molecule has 1 rings (SSSR count).